The monoisotopic (exact) mass is 588 g/mol. The fraction of sp³-hybridized carbons (Fsp3) is 0.320. The van der Waals surface area contributed by atoms with Gasteiger partial charge in [-0.1, -0.05) is 53.5 Å². The molecule has 0 bridgehead atoms. The number of aliphatic imine (C=N–C) groups is 1. The van der Waals surface area contributed by atoms with Crippen molar-refractivity contribution in [3.8, 4) is 0 Å². The van der Waals surface area contributed by atoms with Gasteiger partial charge in [-0.05, 0) is 54.5 Å². The van der Waals surface area contributed by atoms with E-state index in [4.69, 9.17) is 34.8 Å². The van der Waals surface area contributed by atoms with E-state index in [1.807, 2.05) is 0 Å². The summed E-state index contributed by atoms with van der Waals surface area (Å²) in [6.45, 7) is 3.42. The highest BCUT2D eigenvalue weighted by atomic mass is 35.5. The summed E-state index contributed by atoms with van der Waals surface area (Å²) < 4.78 is 93.4. The summed E-state index contributed by atoms with van der Waals surface area (Å²) in [6, 6.07) is 6.11. The minimum absolute atomic E-state index is 0.121. The van der Waals surface area contributed by atoms with E-state index in [2.05, 4.69) is 16.9 Å². The SMILES string of the molecule is C=C(NC)c1ccc(/C(F)=C/C(c2cc(Cl)c(Cl)c(Cl)c2)C(F)(F)F)cc1CCC=NCCC(F)(F)F. The van der Waals surface area contributed by atoms with Crippen LogP contribution in [0.3, 0.4) is 0 Å². The predicted molar refractivity (Wildman–Crippen MR) is 136 cm³/mol. The molecule has 12 heteroatoms. The summed E-state index contributed by atoms with van der Waals surface area (Å²) in [4.78, 5) is 3.72. The van der Waals surface area contributed by atoms with E-state index < -0.39 is 42.6 Å². The number of hydrogen-bond acceptors (Lipinski definition) is 2. The molecule has 0 saturated carbocycles. The van der Waals surface area contributed by atoms with Crippen LogP contribution >= 0.6 is 34.8 Å². The summed E-state index contributed by atoms with van der Waals surface area (Å²) >= 11 is 17.6. The van der Waals surface area contributed by atoms with Gasteiger partial charge in [0, 0.05) is 30.4 Å². The number of nitrogens with zero attached hydrogens (tertiary/aromatic N) is 1. The lowest BCUT2D eigenvalue weighted by atomic mass is 9.94. The molecule has 37 heavy (non-hydrogen) atoms. The third-order valence-corrected chi connectivity index (χ3v) is 6.43. The van der Waals surface area contributed by atoms with Gasteiger partial charge in [-0.25, -0.2) is 4.39 Å². The Morgan fingerprint density at radius 2 is 1.68 bits per heavy atom. The zero-order valence-corrected chi connectivity index (χ0v) is 21.6. The molecule has 0 aliphatic carbocycles. The summed E-state index contributed by atoms with van der Waals surface area (Å²) in [5.74, 6) is -3.51. The normalized spacial score (nSPS) is 13.8. The summed E-state index contributed by atoms with van der Waals surface area (Å²) in [6.07, 6.45) is -8.04. The molecule has 1 N–H and O–H groups in total. The maximum Gasteiger partial charge on any atom is 0.399 e. The van der Waals surface area contributed by atoms with Crippen molar-refractivity contribution in [1.82, 2.24) is 5.32 Å². The molecule has 0 aliphatic heterocycles. The quantitative estimate of drug-likeness (QED) is 0.167. The number of hydrogen-bond donors (Lipinski definition) is 1. The lowest BCUT2D eigenvalue weighted by Gasteiger charge is -2.19. The first-order valence-corrected chi connectivity index (χ1v) is 11.9. The second kappa shape index (κ2) is 13.0. The molecule has 0 fully saturated rings. The van der Waals surface area contributed by atoms with Crippen molar-refractivity contribution < 1.29 is 30.7 Å². The summed E-state index contributed by atoms with van der Waals surface area (Å²) in [7, 11) is 1.61. The maximum absolute atomic E-state index is 15.2. The fourth-order valence-corrected chi connectivity index (χ4v) is 3.96. The number of aryl methyl sites for hydroxylation is 1. The minimum atomic E-state index is -4.87. The van der Waals surface area contributed by atoms with Gasteiger partial charge < -0.3 is 5.32 Å². The molecule has 0 spiro atoms. The Hall–Kier alpha value is -2.23. The molecule has 0 saturated heterocycles. The number of halogens is 10. The first kappa shape index (κ1) is 31.0. The van der Waals surface area contributed by atoms with Crippen molar-refractivity contribution in [2.45, 2.75) is 37.5 Å². The van der Waals surface area contributed by atoms with Gasteiger partial charge in [0.2, 0.25) is 0 Å². The van der Waals surface area contributed by atoms with Gasteiger partial charge in [0.15, 0.2) is 0 Å². The highest BCUT2D eigenvalue weighted by Crippen LogP contribution is 2.42. The van der Waals surface area contributed by atoms with Crippen molar-refractivity contribution in [3.63, 3.8) is 0 Å². The van der Waals surface area contributed by atoms with Crippen LogP contribution < -0.4 is 5.32 Å². The molecular formula is C25H22Cl3F7N2. The Kier molecular flexibility index (Phi) is 10.9. The molecule has 2 rings (SSSR count). The molecule has 1 atom stereocenters. The van der Waals surface area contributed by atoms with Crippen LogP contribution in [-0.4, -0.2) is 32.2 Å². The van der Waals surface area contributed by atoms with Gasteiger partial charge in [-0.3, -0.25) is 4.99 Å². The van der Waals surface area contributed by atoms with Crippen molar-refractivity contribution in [2.24, 2.45) is 4.99 Å². The molecule has 2 aromatic rings. The third kappa shape index (κ3) is 9.23. The zero-order valence-electron chi connectivity index (χ0n) is 19.4. The maximum atomic E-state index is 15.2. The summed E-state index contributed by atoms with van der Waals surface area (Å²) in [5.41, 5.74) is 1.04. The van der Waals surface area contributed by atoms with Crippen LogP contribution in [0.4, 0.5) is 30.7 Å². The van der Waals surface area contributed by atoms with Crippen LogP contribution in [0.5, 0.6) is 0 Å². The fourth-order valence-electron chi connectivity index (χ4n) is 3.35. The van der Waals surface area contributed by atoms with Gasteiger partial charge in [-0.2, -0.15) is 26.3 Å². The van der Waals surface area contributed by atoms with Crippen LogP contribution in [0.25, 0.3) is 11.5 Å². The Morgan fingerprint density at radius 3 is 2.22 bits per heavy atom. The van der Waals surface area contributed by atoms with Gasteiger partial charge in [0.05, 0.1) is 21.5 Å². The number of nitrogens with one attached hydrogen (secondary N) is 1. The van der Waals surface area contributed by atoms with Gasteiger partial charge >= 0.3 is 12.4 Å². The first-order chi connectivity index (χ1) is 17.1. The molecular weight excluding hydrogens is 568 g/mol. The lowest BCUT2D eigenvalue weighted by Crippen LogP contribution is -2.19. The third-order valence-electron chi connectivity index (χ3n) is 5.24. The van der Waals surface area contributed by atoms with Crippen molar-refractivity contribution in [1.29, 1.82) is 0 Å². The topological polar surface area (TPSA) is 24.4 Å². The zero-order chi connectivity index (χ0) is 28.0. The number of alkyl halides is 6. The average Bonchev–Trinajstić information content (AvgIpc) is 2.80. The standard InChI is InChI=1S/C25H22Cl3F7N2/c1-14(36-2)18-6-5-16(10-15(18)4-3-8-37-9-7-24(30,31)32)22(29)13-19(25(33,34)35)17-11-20(26)23(28)21(27)12-17/h5-6,8,10-13,19,36H,1,3-4,7,9H2,2H3/b22-13-,37-8?. The smallest absolute Gasteiger partial charge is 0.388 e. The largest absolute Gasteiger partial charge is 0.399 e. The second-order valence-electron chi connectivity index (χ2n) is 7.93. The molecule has 0 aliphatic rings. The van der Waals surface area contributed by atoms with E-state index in [9.17, 15) is 26.3 Å². The van der Waals surface area contributed by atoms with Crippen LogP contribution in [0.1, 0.15) is 41.0 Å². The number of allylic oxidation sites excluding steroid dienone is 1. The van der Waals surface area contributed by atoms with Gasteiger partial charge in [-0.15, -0.1) is 0 Å². The molecule has 1 unspecified atom stereocenters. The van der Waals surface area contributed by atoms with E-state index >= 15 is 4.39 Å². The van der Waals surface area contributed by atoms with Gasteiger partial charge in [0.1, 0.15) is 11.7 Å². The van der Waals surface area contributed by atoms with E-state index in [0.717, 1.165) is 12.1 Å². The highest BCUT2D eigenvalue weighted by Gasteiger charge is 2.40. The second-order valence-corrected chi connectivity index (χ2v) is 9.12. The van der Waals surface area contributed by atoms with Crippen molar-refractivity contribution in [2.75, 3.05) is 13.6 Å². The lowest BCUT2D eigenvalue weighted by molar-refractivity contribution is -0.139. The van der Waals surface area contributed by atoms with E-state index in [-0.39, 0.29) is 33.5 Å². The Bertz CT molecular complexity index is 1150. The molecule has 202 valence electrons. The van der Waals surface area contributed by atoms with E-state index in [1.54, 1.807) is 7.05 Å². The summed E-state index contributed by atoms with van der Waals surface area (Å²) in [5, 5.41) is 2.31. The number of benzene rings is 2. The Balaban J connectivity index is 2.38. The van der Waals surface area contributed by atoms with Crippen LogP contribution in [0, 0.1) is 0 Å². The van der Waals surface area contributed by atoms with Crippen molar-refractivity contribution in [3.05, 3.63) is 80.3 Å². The molecule has 0 aromatic heterocycles. The van der Waals surface area contributed by atoms with Gasteiger partial charge in [0.25, 0.3) is 0 Å². The van der Waals surface area contributed by atoms with Crippen LogP contribution in [-0.2, 0) is 6.42 Å². The van der Waals surface area contributed by atoms with Crippen molar-refractivity contribution >= 4 is 52.5 Å². The van der Waals surface area contributed by atoms with Crippen LogP contribution in [0.2, 0.25) is 15.1 Å². The molecule has 0 heterocycles. The predicted octanol–water partition coefficient (Wildman–Crippen LogP) is 9.45. The molecule has 2 nitrogen and oxygen atoms in total. The minimum Gasteiger partial charge on any atom is -0.388 e. The Labute approximate surface area is 224 Å². The van der Waals surface area contributed by atoms with Crippen LogP contribution in [0.15, 0.2) is 48.0 Å². The first-order valence-electron chi connectivity index (χ1n) is 10.8. The molecule has 2 aromatic carbocycles. The Morgan fingerprint density at radius 1 is 1.05 bits per heavy atom. The molecule has 0 amide bonds. The highest BCUT2D eigenvalue weighted by molar-refractivity contribution is 6.48. The van der Waals surface area contributed by atoms with E-state index in [0.29, 0.717) is 22.9 Å². The molecule has 0 radical (unpaired) electrons. The average molecular weight is 590 g/mol. The number of rotatable bonds is 10. The van der Waals surface area contributed by atoms with E-state index in [1.165, 1.54) is 24.4 Å².